The van der Waals surface area contributed by atoms with Crippen molar-refractivity contribution in [2.75, 3.05) is 7.11 Å². The summed E-state index contributed by atoms with van der Waals surface area (Å²) in [5, 5.41) is 0. The average Bonchev–Trinajstić information content (AvgIpc) is 2.39. The quantitative estimate of drug-likeness (QED) is 0.877. The molecule has 0 bridgehead atoms. The van der Waals surface area contributed by atoms with Crippen molar-refractivity contribution in [3.05, 3.63) is 59.4 Å². The Labute approximate surface area is 101 Å². The normalized spacial score (nSPS) is 12.2. The maximum atomic E-state index is 6.19. The van der Waals surface area contributed by atoms with E-state index in [2.05, 4.69) is 24.0 Å². The van der Waals surface area contributed by atoms with Gasteiger partial charge in [0.1, 0.15) is 5.75 Å². The minimum Gasteiger partial charge on any atom is -0.495 e. The van der Waals surface area contributed by atoms with Crippen molar-refractivity contribution < 1.29 is 4.74 Å². The second-order valence-corrected chi connectivity index (χ2v) is 4.05. The molecule has 0 radical (unpaired) electrons. The van der Waals surface area contributed by atoms with Crippen LogP contribution in [0.2, 0.25) is 0 Å². The maximum absolute atomic E-state index is 6.19. The maximum Gasteiger partial charge on any atom is 0.137 e. The van der Waals surface area contributed by atoms with Crippen LogP contribution >= 0.6 is 0 Å². The van der Waals surface area contributed by atoms with Crippen LogP contribution < -0.4 is 10.5 Å². The number of nitrogens with two attached hydrogens (primary N) is 1. The summed E-state index contributed by atoms with van der Waals surface area (Å²) in [5.74, 6) is 0.727. The first-order valence-corrected chi connectivity index (χ1v) is 5.52. The van der Waals surface area contributed by atoms with E-state index in [4.69, 9.17) is 10.5 Å². The van der Waals surface area contributed by atoms with Gasteiger partial charge in [0, 0.05) is 6.20 Å². The fraction of sp³-hybridized carbons (Fsp3) is 0.214. The number of pyridine rings is 1. The number of methoxy groups -OCH3 is 1. The predicted molar refractivity (Wildman–Crippen MR) is 68.0 cm³/mol. The number of rotatable bonds is 3. The highest BCUT2D eigenvalue weighted by Gasteiger charge is 2.09. The fourth-order valence-corrected chi connectivity index (χ4v) is 1.68. The molecule has 0 aliphatic heterocycles. The van der Waals surface area contributed by atoms with Gasteiger partial charge in [0.25, 0.3) is 0 Å². The molecule has 17 heavy (non-hydrogen) atoms. The number of ether oxygens (including phenoxy) is 1. The van der Waals surface area contributed by atoms with Gasteiger partial charge in [-0.25, -0.2) is 0 Å². The van der Waals surface area contributed by atoms with E-state index in [1.165, 1.54) is 5.56 Å². The minimum absolute atomic E-state index is 0.168. The van der Waals surface area contributed by atoms with Gasteiger partial charge in [-0.2, -0.15) is 0 Å². The summed E-state index contributed by atoms with van der Waals surface area (Å²) in [6, 6.07) is 9.94. The molecule has 0 saturated heterocycles. The first-order valence-electron chi connectivity index (χ1n) is 5.52. The molecule has 0 amide bonds. The van der Waals surface area contributed by atoms with Crippen LogP contribution in [0.1, 0.15) is 22.7 Å². The highest BCUT2D eigenvalue weighted by atomic mass is 16.5. The predicted octanol–water partition coefficient (Wildman–Crippen LogP) is 2.45. The highest BCUT2D eigenvalue weighted by Crippen LogP contribution is 2.22. The second-order valence-electron chi connectivity index (χ2n) is 4.05. The fourth-order valence-electron chi connectivity index (χ4n) is 1.68. The van der Waals surface area contributed by atoms with Gasteiger partial charge in [0.05, 0.1) is 19.3 Å². The third kappa shape index (κ3) is 2.63. The number of hydrogen-bond donors (Lipinski definition) is 1. The van der Waals surface area contributed by atoms with Gasteiger partial charge in [-0.3, -0.25) is 4.98 Å². The van der Waals surface area contributed by atoms with E-state index in [1.807, 2.05) is 18.2 Å². The Morgan fingerprint density at radius 1 is 1.12 bits per heavy atom. The van der Waals surface area contributed by atoms with Gasteiger partial charge in [0.15, 0.2) is 0 Å². The Kier molecular flexibility index (Phi) is 3.40. The zero-order chi connectivity index (χ0) is 12.3. The van der Waals surface area contributed by atoms with Crippen LogP contribution in [0.5, 0.6) is 5.75 Å². The Morgan fingerprint density at radius 3 is 2.47 bits per heavy atom. The number of aromatic nitrogens is 1. The summed E-state index contributed by atoms with van der Waals surface area (Å²) in [7, 11) is 1.62. The third-order valence-electron chi connectivity index (χ3n) is 2.77. The third-order valence-corrected chi connectivity index (χ3v) is 2.77. The minimum atomic E-state index is -0.168. The van der Waals surface area contributed by atoms with Crippen molar-refractivity contribution in [3.63, 3.8) is 0 Å². The average molecular weight is 228 g/mol. The molecule has 0 spiro atoms. The standard InChI is InChI=1S/C14H16N2O/c1-10-3-5-11(6-4-10)14(15)12-7-13(17-2)9-16-8-12/h3-9,14H,15H2,1-2H3. The van der Waals surface area contributed by atoms with E-state index < -0.39 is 0 Å². The molecule has 3 nitrogen and oxygen atoms in total. The summed E-state index contributed by atoms with van der Waals surface area (Å²) >= 11 is 0. The molecule has 0 saturated carbocycles. The lowest BCUT2D eigenvalue weighted by Crippen LogP contribution is -2.12. The molecule has 1 atom stereocenters. The SMILES string of the molecule is COc1cncc(C(N)c2ccc(C)cc2)c1. The molecule has 0 aliphatic carbocycles. The van der Waals surface area contributed by atoms with Gasteiger partial charge in [-0.1, -0.05) is 29.8 Å². The summed E-state index contributed by atoms with van der Waals surface area (Å²) in [5.41, 5.74) is 9.45. The van der Waals surface area contributed by atoms with Gasteiger partial charge < -0.3 is 10.5 Å². The zero-order valence-electron chi connectivity index (χ0n) is 10.1. The van der Waals surface area contributed by atoms with Gasteiger partial charge in [-0.15, -0.1) is 0 Å². The van der Waals surface area contributed by atoms with E-state index >= 15 is 0 Å². The zero-order valence-corrected chi connectivity index (χ0v) is 10.1. The number of benzene rings is 1. The molecule has 2 aromatic rings. The van der Waals surface area contributed by atoms with Gasteiger partial charge >= 0.3 is 0 Å². The van der Waals surface area contributed by atoms with Gasteiger partial charge in [-0.05, 0) is 24.1 Å². The number of nitrogens with zero attached hydrogens (tertiary/aromatic N) is 1. The van der Waals surface area contributed by atoms with Crippen LogP contribution in [0, 0.1) is 6.92 Å². The van der Waals surface area contributed by atoms with Crippen molar-refractivity contribution >= 4 is 0 Å². The molecule has 1 aromatic heterocycles. The van der Waals surface area contributed by atoms with E-state index in [-0.39, 0.29) is 6.04 Å². The molecule has 2 rings (SSSR count). The molecule has 0 aliphatic rings. The summed E-state index contributed by atoms with van der Waals surface area (Å²) < 4.78 is 5.14. The Balaban J connectivity index is 2.29. The van der Waals surface area contributed by atoms with Crippen LogP contribution in [0.4, 0.5) is 0 Å². The Hall–Kier alpha value is -1.87. The lowest BCUT2D eigenvalue weighted by atomic mass is 10.00. The van der Waals surface area contributed by atoms with E-state index in [0.29, 0.717) is 0 Å². The van der Waals surface area contributed by atoms with E-state index in [1.54, 1.807) is 19.5 Å². The van der Waals surface area contributed by atoms with E-state index in [9.17, 15) is 0 Å². The summed E-state index contributed by atoms with van der Waals surface area (Å²) in [6.07, 6.45) is 3.44. The molecule has 1 heterocycles. The van der Waals surface area contributed by atoms with E-state index in [0.717, 1.165) is 16.9 Å². The number of hydrogen-bond acceptors (Lipinski definition) is 3. The molecular weight excluding hydrogens is 212 g/mol. The monoisotopic (exact) mass is 228 g/mol. The van der Waals surface area contributed by atoms with Crippen molar-refractivity contribution in [1.82, 2.24) is 4.98 Å². The van der Waals surface area contributed by atoms with Crippen molar-refractivity contribution in [2.45, 2.75) is 13.0 Å². The molecule has 2 N–H and O–H groups in total. The number of aryl methyl sites for hydroxylation is 1. The molecule has 3 heteroatoms. The molecular formula is C14H16N2O. The van der Waals surface area contributed by atoms with Crippen molar-refractivity contribution in [3.8, 4) is 5.75 Å². The smallest absolute Gasteiger partial charge is 0.137 e. The molecule has 1 aromatic carbocycles. The van der Waals surface area contributed by atoms with Crippen LogP contribution in [0.25, 0.3) is 0 Å². The molecule has 88 valence electrons. The van der Waals surface area contributed by atoms with Gasteiger partial charge in [0.2, 0.25) is 0 Å². The van der Waals surface area contributed by atoms with Crippen LogP contribution in [0.15, 0.2) is 42.7 Å². The Morgan fingerprint density at radius 2 is 1.82 bits per heavy atom. The van der Waals surface area contributed by atoms with Crippen molar-refractivity contribution in [2.24, 2.45) is 5.73 Å². The van der Waals surface area contributed by atoms with Crippen LogP contribution in [-0.2, 0) is 0 Å². The lowest BCUT2D eigenvalue weighted by Gasteiger charge is -2.13. The molecule has 1 unspecified atom stereocenters. The molecule has 0 fully saturated rings. The first kappa shape index (κ1) is 11.6. The topological polar surface area (TPSA) is 48.1 Å². The van der Waals surface area contributed by atoms with Crippen LogP contribution in [0.3, 0.4) is 0 Å². The second kappa shape index (κ2) is 4.97. The highest BCUT2D eigenvalue weighted by molar-refractivity contribution is 5.34. The largest absolute Gasteiger partial charge is 0.495 e. The van der Waals surface area contributed by atoms with Crippen molar-refractivity contribution in [1.29, 1.82) is 0 Å². The summed E-state index contributed by atoms with van der Waals surface area (Å²) in [4.78, 5) is 4.11. The first-order chi connectivity index (χ1) is 8.20. The summed E-state index contributed by atoms with van der Waals surface area (Å²) in [6.45, 7) is 2.06. The lowest BCUT2D eigenvalue weighted by molar-refractivity contribution is 0.412. The Bertz CT molecular complexity index is 494. The van der Waals surface area contributed by atoms with Crippen LogP contribution in [-0.4, -0.2) is 12.1 Å².